The van der Waals surface area contributed by atoms with E-state index in [9.17, 15) is 8.78 Å². The second-order valence-corrected chi connectivity index (χ2v) is 3.65. The maximum absolute atomic E-state index is 12.7. The Labute approximate surface area is 83.1 Å². The fourth-order valence-electron chi connectivity index (χ4n) is 0.919. The zero-order valence-corrected chi connectivity index (χ0v) is 8.18. The van der Waals surface area contributed by atoms with Crippen molar-refractivity contribution in [2.75, 3.05) is 0 Å². The molecule has 1 rings (SSSR count). The number of hydrogen-bond donors (Lipinski definition) is 0. The van der Waals surface area contributed by atoms with Gasteiger partial charge in [0.05, 0.1) is 6.07 Å². The molecule has 0 aliphatic carbocycles. The van der Waals surface area contributed by atoms with Crippen molar-refractivity contribution in [3.63, 3.8) is 0 Å². The molecular weight excluding hydrogens is 240 g/mol. The number of halogens is 3. The molecule has 0 fully saturated rings. The third-order valence-electron chi connectivity index (χ3n) is 1.54. The number of rotatable bonds is 2. The first kappa shape index (κ1) is 10.1. The van der Waals surface area contributed by atoms with E-state index in [4.69, 9.17) is 5.26 Å². The summed E-state index contributed by atoms with van der Waals surface area (Å²) in [6.07, 6.45) is 0.369. The number of hydrogen-bond acceptors (Lipinski definition) is 1. The lowest BCUT2D eigenvalue weighted by Crippen LogP contribution is -1.99. The van der Waals surface area contributed by atoms with Gasteiger partial charge in [0.1, 0.15) is 4.83 Å². The van der Waals surface area contributed by atoms with E-state index in [0.29, 0.717) is 12.0 Å². The van der Waals surface area contributed by atoms with Gasteiger partial charge in [-0.15, -0.1) is 0 Å². The van der Waals surface area contributed by atoms with Crippen LogP contribution in [-0.2, 0) is 6.42 Å². The third kappa shape index (κ3) is 2.78. The first-order valence-electron chi connectivity index (χ1n) is 3.61. The van der Waals surface area contributed by atoms with Gasteiger partial charge in [0.15, 0.2) is 11.6 Å². The summed E-state index contributed by atoms with van der Waals surface area (Å²) < 4.78 is 25.1. The molecule has 0 aromatic heterocycles. The molecule has 0 saturated carbocycles. The van der Waals surface area contributed by atoms with Gasteiger partial charge in [-0.05, 0) is 24.1 Å². The average molecular weight is 246 g/mol. The highest BCUT2D eigenvalue weighted by Gasteiger charge is 2.06. The molecule has 0 amide bonds. The lowest BCUT2D eigenvalue weighted by Gasteiger charge is -2.01. The van der Waals surface area contributed by atoms with Crippen LogP contribution in [0, 0.1) is 23.0 Å². The van der Waals surface area contributed by atoms with Gasteiger partial charge in [0, 0.05) is 0 Å². The second kappa shape index (κ2) is 4.33. The van der Waals surface area contributed by atoms with Crippen LogP contribution in [0.25, 0.3) is 0 Å². The largest absolute Gasteiger partial charge is 0.204 e. The summed E-state index contributed by atoms with van der Waals surface area (Å²) in [7, 11) is 0. The Morgan fingerprint density at radius 1 is 1.38 bits per heavy atom. The molecule has 13 heavy (non-hydrogen) atoms. The van der Waals surface area contributed by atoms with Crippen LogP contribution in [0.15, 0.2) is 18.2 Å². The molecule has 1 nitrogen and oxygen atoms in total. The number of nitriles is 1. The molecule has 0 aliphatic heterocycles. The fraction of sp³-hybridized carbons (Fsp3) is 0.222. The first-order chi connectivity index (χ1) is 6.13. The van der Waals surface area contributed by atoms with Gasteiger partial charge in [-0.3, -0.25) is 0 Å². The van der Waals surface area contributed by atoms with Crippen LogP contribution < -0.4 is 0 Å². The zero-order chi connectivity index (χ0) is 9.84. The Bertz CT molecular complexity index is 346. The van der Waals surface area contributed by atoms with Gasteiger partial charge in [-0.1, -0.05) is 22.0 Å². The number of alkyl halides is 1. The normalized spacial score (nSPS) is 12.2. The van der Waals surface area contributed by atoms with Crippen molar-refractivity contribution in [2.45, 2.75) is 11.2 Å². The highest BCUT2D eigenvalue weighted by atomic mass is 79.9. The molecule has 1 unspecified atom stereocenters. The van der Waals surface area contributed by atoms with Gasteiger partial charge in [0.2, 0.25) is 0 Å². The van der Waals surface area contributed by atoms with E-state index in [1.807, 2.05) is 6.07 Å². The fourth-order valence-corrected chi connectivity index (χ4v) is 1.29. The van der Waals surface area contributed by atoms with Crippen molar-refractivity contribution in [3.05, 3.63) is 35.4 Å². The smallest absolute Gasteiger partial charge is 0.159 e. The third-order valence-corrected chi connectivity index (χ3v) is 2.07. The van der Waals surface area contributed by atoms with E-state index in [2.05, 4.69) is 15.9 Å². The molecule has 1 aromatic carbocycles. The van der Waals surface area contributed by atoms with Gasteiger partial charge in [-0.25, -0.2) is 8.78 Å². The standard InChI is InChI=1S/C9H6BrF2N/c10-7(5-13)3-6-1-2-8(11)9(12)4-6/h1-2,4,7H,3H2. The van der Waals surface area contributed by atoms with E-state index in [1.165, 1.54) is 6.07 Å². The number of nitrogens with zero attached hydrogens (tertiary/aromatic N) is 1. The highest BCUT2D eigenvalue weighted by Crippen LogP contribution is 2.13. The maximum atomic E-state index is 12.7. The molecule has 68 valence electrons. The van der Waals surface area contributed by atoms with Crippen molar-refractivity contribution in [1.29, 1.82) is 5.26 Å². The molecule has 1 atom stereocenters. The summed E-state index contributed by atoms with van der Waals surface area (Å²) in [5, 5.41) is 8.46. The molecule has 0 saturated heterocycles. The maximum Gasteiger partial charge on any atom is 0.159 e. The Hall–Kier alpha value is -0.950. The Kier molecular flexibility index (Phi) is 3.38. The van der Waals surface area contributed by atoms with Gasteiger partial charge in [0.25, 0.3) is 0 Å². The molecule has 1 aromatic rings. The van der Waals surface area contributed by atoms with Gasteiger partial charge < -0.3 is 0 Å². The lowest BCUT2D eigenvalue weighted by atomic mass is 10.1. The molecular formula is C9H6BrF2N. The minimum Gasteiger partial charge on any atom is -0.204 e. The summed E-state index contributed by atoms with van der Waals surface area (Å²) in [5.41, 5.74) is 0.599. The molecule has 0 spiro atoms. The van der Waals surface area contributed by atoms with E-state index in [1.54, 1.807) is 0 Å². The minimum atomic E-state index is -0.880. The molecule has 0 N–H and O–H groups in total. The van der Waals surface area contributed by atoms with Gasteiger partial charge in [-0.2, -0.15) is 5.26 Å². The van der Waals surface area contributed by atoms with Crippen LogP contribution in [0.2, 0.25) is 0 Å². The number of benzene rings is 1. The SMILES string of the molecule is N#CC(Br)Cc1ccc(F)c(F)c1. The predicted molar refractivity (Wildman–Crippen MR) is 48.4 cm³/mol. The van der Waals surface area contributed by atoms with Crippen LogP contribution in [0.3, 0.4) is 0 Å². The van der Waals surface area contributed by atoms with E-state index in [0.717, 1.165) is 12.1 Å². The van der Waals surface area contributed by atoms with E-state index in [-0.39, 0.29) is 4.83 Å². The topological polar surface area (TPSA) is 23.8 Å². The Morgan fingerprint density at radius 3 is 2.62 bits per heavy atom. The molecule has 4 heteroatoms. The van der Waals surface area contributed by atoms with Crippen LogP contribution in [-0.4, -0.2) is 4.83 Å². The minimum absolute atomic E-state index is 0.364. The molecule has 0 heterocycles. The highest BCUT2D eigenvalue weighted by molar-refractivity contribution is 9.09. The van der Waals surface area contributed by atoms with Crippen molar-refractivity contribution < 1.29 is 8.78 Å². The monoisotopic (exact) mass is 245 g/mol. The van der Waals surface area contributed by atoms with Crippen molar-refractivity contribution in [1.82, 2.24) is 0 Å². The summed E-state index contributed by atoms with van der Waals surface area (Å²) in [5.74, 6) is -1.75. The van der Waals surface area contributed by atoms with Crippen molar-refractivity contribution >= 4 is 15.9 Å². The quantitative estimate of drug-likeness (QED) is 0.736. The van der Waals surface area contributed by atoms with Crippen LogP contribution in [0.5, 0.6) is 0 Å². The summed E-state index contributed by atoms with van der Waals surface area (Å²) in [6, 6.07) is 5.57. The Morgan fingerprint density at radius 2 is 2.08 bits per heavy atom. The van der Waals surface area contributed by atoms with E-state index < -0.39 is 11.6 Å². The summed E-state index contributed by atoms with van der Waals surface area (Å²) in [6.45, 7) is 0. The average Bonchev–Trinajstić information content (AvgIpc) is 2.11. The van der Waals surface area contributed by atoms with E-state index >= 15 is 0 Å². The summed E-state index contributed by atoms with van der Waals surface area (Å²) in [4.78, 5) is -0.364. The van der Waals surface area contributed by atoms with Crippen molar-refractivity contribution in [3.8, 4) is 6.07 Å². The van der Waals surface area contributed by atoms with Crippen LogP contribution >= 0.6 is 15.9 Å². The second-order valence-electron chi connectivity index (χ2n) is 2.55. The molecule has 0 aliphatic rings. The molecule has 0 radical (unpaired) electrons. The lowest BCUT2D eigenvalue weighted by molar-refractivity contribution is 0.507. The van der Waals surface area contributed by atoms with Crippen molar-refractivity contribution in [2.24, 2.45) is 0 Å². The van der Waals surface area contributed by atoms with Gasteiger partial charge >= 0.3 is 0 Å². The first-order valence-corrected chi connectivity index (χ1v) is 4.52. The van der Waals surface area contributed by atoms with Crippen LogP contribution in [0.4, 0.5) is 8.78 Å². The summed E-state index contributed by atoms with van der Waals surface area (Å²) >= 11 is 3.08. The Balaban J connectivity index is 2.81. The van der Waals surface area contributed by atoms with Crippen LogP contribution in [0.1, 0.15) is 5.56 Å². The molecule has 0 bridgehead atoms. The zero-order valence-electron chi connectivity index (χ0n) is 6.60. The predicted octanol–water partition coefficient (Wildman–Crippen LogP) is 2.79.